The Morgan fingerprint density at radius 1 is 0.444 bits per heavy atom. The molecule has 0 bridgehead atoms. The summed E-state index contributed by atoms with van der Waals surface area (Å²) in [7, 11) is 0. The van der Waals surface area contributed by atoms with Crippen LogP contribution in [0.1, 0.15) is 74.9 Å². The lowest BCUT2D eigenvalue weighted by atomic mass is 10.0. The Balaban J connectivity index is 0.000000311. The van der Waals surface area contributed by atoms with Crippen molar-refractivity contribution >= 4 is 32.3 Å². The predicted octanol–water partition coefficient (Wildman–Crippen LogP) is 12.2. The van der Waals surface area contributed by atoms with E-state index in [1.807, 2.05) is 96.1 Å². The maximum absolute atomic E-state index is 8.74. The zero-order valence-corrected chi connectivity index (χ0v) is 28.4. The standard InChI is InChI=1S/C13H10.2C12H9N.3C2H6/c1-3-11-7-8-13-10(2)5-4-6-12(13)9-11;1-9-2-4-11-5-3-10(8-13)7-12(11)6-9;1-9-3-2-4-11-6-5-10(8-13)7-12(9)11;3*1-2/h1,4-9H,2H3;2*2-7H,1H3;3*1-2H3. The van der Waals surface area contributed by atoms with Crippen molar-refractivity contribution in [3.8, 4) is 24.5 Å². The fourth-order valence-corrected chi connectivity index (χ4v) is 4.47. The van der Waals surface area contributed by atoms with Gasteiger partial charge < -0.3 is 0 Å². The quantitative estimate of drug-likeness (QED) is 0.165. The molecule has 2 nitrogen and oxygen atoms in total. The molecule has 228 valence electrons. The van der Waals surface area contributed by atoms with Crippen molar-refractivity contribution in [3.63, 3.8) is 0 Å². The lowest BCUT2D eigenvalue weighted by molar-refractivity contribution is 1.48. The molecule has 0 amide bonds. The highest BCUT2D eigenvalue weighted by atomic mass is 14.2. The van der Waals surface area contributed by atoms with Crippen LogP contribution in [-0.2, 0) is 0 Å². The molecule has 0 heterocycles. The van der Waals surface area contributed by atoms with Crippen molar-refractivity contribution < 1.29 is 0 Å². The smallest absolute Gasteiger partial charge is 0.0991 e. The van der Waals surface area contributed by atoms with E-state index >= 15 is 0 Å². The summed E-state index contributed by atoms with van der Waals surface area (Å²) in [5, 5.41) is 24.6. The topological polar surface area (TPSA) is 47.6 Å². The van der Waals surface area contributed by atoms with Crippen LogP contribution in [0.5, 0.6) is 0 Å². The van der Waals surface area contributed by atoms with E-state index in [2.05, 4.69) is 93.4 Å². The number of hydrogen-bond acceptors (Lipinski definition) is 2. The number of nitrogens with zero attached hydrogens (tertiary/aromatic N) is 2. The van der Waals surface area contributed by atoms with Crippen molar-refractivity contribution in [1.29, 1.82) is 10.5 Å². The van der Waals surface area contributed by atoms with Crippen molar-refractivity contribution in [2.45, 2.75) is 62.3 Å². The van der Waals surface area contributed by atoms with Crippen LogP contribution in [0.3, 0.4) is 0 Å². The first-order valence-corrected chi connectivity index (χ1v) is 15.7. The van der Waals surface area contributed by atoms with Crippen LogP contribution in [0.15, 0.2) is 109 Å². The number of rotatable bonds is 0. The van der Waals surface area contributed by atoms with Crippen molar-refractivity contribution in [2.75, 3.05) is 0 Å². The first-order valence-electron chi connectivity index (χ1n) is 15.7. The fourth-order valence-electron chi connectivity index (χ4n) is 4.47. The van der Waals surface area contributed by atoms with Crippen LogP contribution >= 0.6 is 0 Å². The molecule has 45 heavy (non-hydrogen) atoms. The van der Waals surface area contributed by atoms with Gasteiger partial charge in [-0.25, -0.2) is 0 Å². The first-order chi connectivity index (χ1) is 21.9. The summed E-state index contributed by atoms with van der Waals surface area (Å²) in [6, 6.07) is 40.6. The second-order valence-electron chi connectivity index (χ2n) is 9.45. The molecule has 0 N–H and O–H groups in total. The van der Waals surface area contributed by atoms with Crippen LogP contribution in [0, 0.1) is 55.8 Å². The third-order valence-electron chi connectivity index (χ3n) is 6.62. The maximum Gasteiger partial charge on any atom is 0.0991 e. The van der Waals surface area contributed by atoms with E-state index < -0.39 is 0 Å². The van der Waals surface area contributed by atoms with Gasteiger partial charge in [-0.2, -0.15) is 10.5 Å². The maximum atomic E-state index is 8.74. The van der Waals surface area contributed by atoms with E-state index in [-0.39, 0.29) is 0 Å². The molecule has 0 saturated heterocycles. The molecule has 0 aliphatic rings. The van der Waals surface area contributed by atoms with Crippen molar-refractivity contribution in [1.82, 2.24) is 0 Å². The lowest BCUT2D eigenvalue weighted by Gasteiger charge is -2.01. The number of terminal acetylenes is 1. The Morgan fingerprint density at radius 2 is 0.933 bits per heavy atom. The van der Waals surface area contributed by atoms with Gasteiger partial charge in [-0.1, -0.05) is 126 Å². The van der Waals surface area contributed by atoms with E-state index in [0.29, 0.717) is 0 Å². The second-order valence-corrected chi connectivity index (χ2v) is 9.45. The molecule has 0 radical (unpaired) electrons. The molecule has 6 aromatic rings. The van der Waals surface area contributed by atoms with Gasteiger partial charge in [0.05, 0.1) is 23.3 Å². The van der Waals surface area contributed by atoms with Crippen LogP contribution < -0.4 is 0 Å². The largest absolute Gasteiger partial charge is 0.192 e. The van der Waals surface area contributed by atoms with Gasteiger partial charge in [-0.3, -0.25) is 0 Å². The minimum atomic E-state index is 0.720. The van der Waals surface area contributed by atoms with E-state index in [9.17, 15) is 0 Å². The molecule has 6 rings (SSSR count). The molecule has 0 unspecified atom stereocenters. The van der Waals surface area contributed by atoms with Gasteiger partial charge in [0.1, 0.15) is 0 Å². The highest BCUT2D eigenvalue weighted by Crippen LogP contribution is 2.20. The van der Waals surface area contributed by atoms with Gasteiger partial charge in [0.15, 0.2) is 0 Å². The number of aryl methyl sites for hydroxylation is 3. The molecule has 2 heteroatoms. The molecular formula is C43H46N2. The molecule has 0 fully saturated rings. The molecule has 6 aromatic carbocycles. The van der Waals surface area contributed by atoms with Gasteiger partial charge >= 0.3 is 0 Å². The van der Waals surface area contributed by atoms with Gasteiger partial charge in [0.25, 0.3) is 0 Å². The molecule has 0 aliphatic carbocycles. The number of benzene rings is 6. The minimum Gasteiger partial charge on any atom is -0.192 e. The number of nitriles is 2. The molecule has 0 spiro atoms. The summed E-state index contributed by atoms with van der Waals surface area (Å²) >= 11 is 0. The summed E-state index contributed by atoms with van der Waals surface area (Å²) in [5.74, 6) is 2.64. The average molecular weight is 591 g/mol. The third kappa shape index (κ3) is 11.0. The highest BCUT2D eigenvalue weighted by molar-refractivity contribution is 5.87. The zero-order valence-electron chi connectivity index (χ0n) is 28.4. The Bertz CT molecular complexity index is 1900. The predicted molar refractivity (Wildman–Crippen MR) is 197 cm³/mol. The van der Waals surface area contributed by atoms with Crippen molar-refractivity contribution in [2.24, 2.45) is 0 Å². The molecule has 0 aliphatic heterocycles. The van der Waals surface area contributed by atoms with Crippen LogP contribution in [0.4, 0.5) is 0 Å². The number of hydrogen-bond donors (Lipinski definition) is 0. The lowest BCUT2D eigenvalue weighted by Crippen LogP contribution is -1.79. The molecule has 0 atom stereocenters. The minimum absolute atomic E-state index is 0.720. The van der Waals surface area contributed by atoms with Crippen LogP contribution in [0.25, 0.3) is 32.3 Å². The van der Waals surface area contributed by atoms with Gasteiger partial charge in [-0.05, 0) is 101 Å². The van der Waals surface area contributed by atoms with Gasteiger partial charge in [0.2, 0.25) is 0 Å². The summed E-state index contributed by atoms with van der Waals surface area (Å²) in [6.07, 6.45) is 5.33. The Hall–Kier alpha value is -5.36. The van der Waals surface area contributed by atoms with Gasteiger partial charge in [-0.15, -0.1) is 6.42 Å². The monoisotopic (exact) mass is 590 g/mol. The van der Waals surface area contributed by atoms with E-state index in [1.54, 1.807) is 0 Å². The van der Waals surface area contributed by atoms with Crippen LogP contribution in [-0.4, -0.2) is 0 Å². The SMILES string of the molecule is C#Cc1ccc2c(C)cccc2c1.CC.CC.CC.Cc1ccc2ccc(C#N)cc2c1.Cc1cccc2ccc(C#N)cc12. The third-order valence-corrected chi connectivity index (χ3v) is 6.62. The highest BCUT2D eigenvalue weighted by Gasteiger charge is 1.98. The summed E-state index contributed by atoms with van der Waals surface area (Å²) in [4.78, 5) is 0. The van der Waals surface area contributed by atoms with Gasteiger partial charge in [0, 0.05) is 5.56 Å². The van der Waals surface area contributed by atoms with Crippen LogP contribution in [0.2, 0.25) is 0 Å². The second kappa shape index (κ2) is 20.5. The Morgan fingerprint density at radius 3 is 1.53 bits per heavy atom. The summed E-state index contributed by atoms with van der Waals surface area (Å²) in [5.41, 5.74) is 6.12. The molecule has 0 aromatic heterocycles. The van der Waals surface area contributed by atoms with E-state index in [1.165, 1.54) is 43.6 Å². The van der Waals surface area contributed by atoms with E-state index in [4.69, 9.17) is 16.9 Å². The Kier molecular flexibility index (Phi) is 17.2. The zero-order chi connectivity index (χ0) is 33.8. The normalized spacial score (nSPS) is 8.93. The summed E-state index contributed by atoms with van der Waals surface area (Å²) in [6.45, 7) is 18.2. The van der Waals surface area contributed by atoms with E-state index in [0.717, 1.165) is 22.1 Å². The Labute approximate surface area is 271 Å². The molecular weight excluding hydrogens is 544 g/mol. The number of fused-ring (bicyclic) bond motifs is 3. The summed E-state index contributed by atoms with van der Waals surface area (Å²) < 4.78 is 0. The molecule has 0 saturated carbocycles. The average Bonchev–Trinajstić information content (AvgIpc) is 3.11. The van der Waals surface area contributed by atoms with Crippen molar-refractivity contribution in [3.05, 3.63) is 143 Å². The first kappa shape index (κ1) is 37.7. The fraction of sp³-hybridized carbons (Fsp3) is 0.209.